The average molecular weight is 377 g/mol. The number of benzene rings is 2. The molecular weight excluding hydrogens is 352 g/mol. The molecule has 140 valence electrons. The molecule has 0 saturated carbocycles. The van der Waals surface area contributed by atoms with E-state index in [4.69, 9.17) is 21.1 Å². The third-order valence-corrected chi connectivity index (χ3v) is 3.90. The van der Waals surface area contributed by atoms with Crippen molar-refractivity contribution in [2.45, 2.75) is 20.8 Å². The van der Waals surface area contributed by atoms with Gasteiger partial charge in [-0.15, -0.1) is 0 Å². The van der Waals surface area contributed by atoms with Gasteiger partial charge in [0.25, 0.3) is 0 Å². The first-order chi connectivity index (χ1) is 12.2. The Morgan fingerprint density at radius 1 is 1.04 bits per heavy atom. The number of nitrogens with zero attached hydrogens (tertiary/aromatic N) is 1. The maximum Gasteiger partial charge on any atom is 0.326 e. The second-order valence-electron chi connectivity index (χ2n) is 7.12. The molecule has 2 aromatic rings. The molecule has 0 aliphatic rings. The van der Waals surface area contributed by atoms with Crippen molar-refractivity contribution >= 4 is 29.0 Å². The first-order valence-corrected chi connectivity index (χ1v) is 8.67. The van der Waals surface area contributed by atoms with Crippen LogP contribution in [0.2, 0.25) is 5.02 Å². The van der Waals surface area contributed by atoms with E-state index < -0.39 is 0 Å². The Balaban J connectivity index is 2.33. The third-order valence-electron chi connectivity index (χ3n) is 3.65. The molecule has 2 rings (SSSR count). The standard InChI is InChI=1S/C20H25ClN2O3/c1-20(2,3)13-23(16-10-11-17(25-4)18(12-16)26-5)19(24)22-15-8-6-14(21)7-9-15/h6-12H,13H2,1-5H3,(H,22,24). The van der Waals surface area contributed by atoms with Crippen molar-refractivity contribution in [3.05, 3.63) is 47.5 Å². The highest BCUT2D eigenvalue weighted by molar-refractivity contribution is 6.30. The summed E-state index contributed by atoms with van der Waals surface area (Å²) in [4.78, 5) is 14.6. The number of anilines is 2. The van der Waals surface area contributed by atoms with Gasteiger partial charge in [0.15, 0.2) is 11.5 Å². The van der Waals surface area contributed by atoms with Gasteiger partial charge in [0.2, 0.25) is 0 Å². The minimum absolute atomic E-state index is 0.0928. The van der Waals surface area contributed by atoms with Crippen LogP contribution in [0.3, 0.4) is 0 Å². The van der Waals surface area contributed by atoms with E-state index in [9.17, 15) is 4.79 Å². The molecule has 0 aliphatic heterocycles. The number of nitrogens with one attached hydrogen (secondary N) is 1. The van der Waals surface area contributed by atoms with Gasteiger partial charge < -0.3 is 14.8 Å². The number of amides is 2. The Kier molecular flexibility index (Phi) is 6.37. The Labute approximate surface area is 159 Å². The number of urea groups is 1. The summed E-state index contributed by atoms with van der Waals surface area (Å²) < 4.78 is 10.7. The van der Waals surface area contributed by atoms with Gasteiger partial charge in [0, 0.05) is 29.0 Å². The Bertz CT molecular complexity index is 755. The van der Waals surface area contributed by atoms with Crippen molar-refractivity contribution in [3.63, 3.8) is 0 Å². The number of hydrogen-bond donors (Lipinski definition) is 1. The van der Waals surface area contributed by atoms with Crippen molar-refractivity contribution in [1.82, 2.24) is 0 Å². The summed E-state index contributed by atoms with van der Waals surface area (Å²) in [5.41, 5.74) is 1.31. The summed E-state index contributed by atoms with van der Waals surface area (Å²) in [7, 11) is 3.15. The lowest BCUT2D eigenvalue weighted by Crippen LogP contribution is -2.40. The van der Waals surface area contributed by atoms with E-state index in [1.807, 2.05) is 6.07 Å². The van der Waals surface area contributed by atoms with Crippen LogP contribution in [0.25, 0.3) is 0 Å². The molecule has 0 atom stereocenters. The van der Waals surface area contributed by atoms with E-state index in [2.05, 4.69) is 26.1 Å². The third kappa shape index (κ3) is 5.30. The molecule has 2 aromatic carbocycles. The van der Waals surface area contributed by atoms with E-state index in [1.165, 1.54) is 0 Å². The highest BCUT2D eigenvalue weighted by Gasteiger charge is 2.24. The van der Waals surface area contributed by atoms with E-state index in [-0.39, 0.29) is 11.4 Å². The van der Waals surface area contributed by atoms with Crippen LogP contribution in [0.15, 0.2) is 42.5 Å². The molecule has 0 fully saturated rings. The minimum atomic E-state index is -0.227. The fourth-order valence-electron chi connectivity index (χ4n) is 2.47. The molecule has 0 aromatic heterocycles. The number of carbonyl (C=O) groups excluding carboxylic acids is 1. The lowest BCUT2D eigenvalue weighted by atomic mass is 9.96. The molecule has 2 amide bonds. The van der Waals surface area contributed by atoms with Gasteiger partial charge in [-0.1, -0.05) is 32.4 Å². The zero-order valence-corrected chi connectivity index (χ0v) is 16.6. The zero-order chi connectivity index (χ0) is 19.3. The largest absolute Gasteiger partial charge is 0.493 e. The van der Waals surface area contributed by atoms with Gasteiger partial charge in [-0.3, -0.25) is 4.90 Å². The lowest BCUT2D eigenvalue weighted by molar-refractivity contribution is 0.253. The molecule has 26 heavy (non-hydrogen) atoms. The summed E-state index contributed by atoms with van der Waals surface area (Å²) in [6.07, 6.45) is 0. The normalized spacial score (nSPS) is 11.0. The Morgan fingerprint density at radius 2 is 1.65 bits per heavy atom. The molecular formula is C20H25ClN2O3. The van der Waals surface area contributed by atoms with Crippen molar-refractivity contribution in [3.8, 4) is 11.5 Å². The number of ether oxygens (including phenoxy) is 2. The van der Waals surface area contributed by atoms with Crippen LogP contribution < -0.4 is 19.7 Å². The van der Waals surface area contributed by atoms with E-state index in [0.29, 0.717) is 28.8 Å². The van der Waals surface area contributed by atoms with Gasteiger partial charge in [-0.05, 0) is 41.8 Å². The van der Waals surface area contributed by atoms with Gasteiger partial charge >= 0.3 is 6.03 Å². The summed E-state index contributed by atoms with van der Waals surface area (Å²) in [6.45, 7) is 6.77. The first kappa shape index (κ1) is 19.9. The molecule has 0 bridgehead atoms. The molecule has 0 aliphatic carbocycles. The lowest BCUT2D eigenvalue weighted by Gasteiger charge is -2.30. The maximum atomic E-state index is 12.9. The predicted octanol–water partition coefficient (Wildman–Crippen LogP) is 5.44. The number of halogens is 1. The molecule has 0 heterocycles. The molecule has 0 spiro atoms. The topological polar surface area (TPSA) is 50.8 Å². The smallest absolute Gasteiger partial charge is 0.326 e. The van der Waals surface area contributed by atoms with Crippen molar-refractivity contribution < 1.29 is 14.3 Å². The van der Waals surface area contributed by atoms with Crippen molar-refractivity contribution in [2.75, 3.05) is 31.0 Å². The highest BCUT2D eigenvalue weighted by Crippen LogP contribution is 2.33. The molecule has 1 N–H and O–H groups in total. The summed E-state index contributed by atoms with van der Waals surface area (Å²) in [6, 6.07) is 12.2. The number of carbonyl (C=O) groups is 1. The quantitative estimate of drug-likeness (QED) is 0.755. The number of methoxy groups -OCH3 is 2. The minimum Gasteiger partial charge on any atom is -0.493 e. The van der Waals surface area contributed by atoms with E-state index in [0.717, 1.165) is 5.69 Å². The average Bonchev–Trinajstić information content (AvgIpc) is 2.60. The number of hydrogen-bond acceptors (Lipinski definition) is 3. The summed E-state index contributed by atoms with van der Waals surface area (Å²) in [5.74, 6) is 1.19. The summed E-state index contributed by atoms with van der Waals surface area (Å²) in [5, 5.41) is 3.53. The fourth-order valence-corrected chi connectivity index (χ4v) is 2.60. The summed E-state index contributed by atoms with van der Waals surface area (Å²) >= 11 is 5.91. The van der Waals surface area contributed by atoms with E-state index in [1.54, 1.807) is 55.5 Å². The van der Waals surface area contributed by atoms with Gasteiger partial charge in [0.05, 0.1) is 14.2 Å². The SMILES string of the molecule is COc1ccc(N(CC(C)(C)C)C(=O)Nc2ccc(Cl)cc2)cc1OC. The predicted molar refractivity (Wildman–Crippen MR) is 107 cm³/mol. The Hall–Kier alpha value is -2.40. The number of rotatable bonds is 5. The van der Waals surface area contributed by atoms with Crippen molar-refractivity contribution in [2.24, 2.45) is 5.41 Å². The molecule has 0 unspecified atom stereocenters. The van der Waals surface area contributed by atoms with Gasteiger partial charge in [0.1, 0.15) is 0 Å². The molecule has 5 nitrogen and oxygen atoms in total. The van der Waals surface area contributed by atoms with Crippen LogP contribution in [0.5, 0.6) is 11.5 Å². The molecule has 0 saturated heterocycles. The second kappa shape index (κ2) is 8.32. The first-order valence-electron chi connectivity index (χ1n) is 8.29. The maximum absolute atomic E-state index is 12.9. The van der Waals surface area contributed by atoms with Crippen LogP contribution in [-0.4, -0.2) is 26.8 Å². The zero-order valence-electron chi connectivity index (χ0n) is 15.8. The second-order valence-corrected chi connectivity index (χ2v) is 7.56. The fraction of sp³-hybridized carbons (Fsp3) is 0.350. The van der Waals surface area contributed by atoms with Crippen LogP contribution in [0.1, 0.15) is 20.8 Å². The van der Waals surface area contributed by atoms with E-state index >= 15 is 0 Å². The van der Waals surface area contributed by atoms with Gasteiger partial charge in [-0.25, -0.2) is 4.79 Å². The Morgan fingerprint density at radius 3 is 2.19 bits per heavy atom. The van der Waals surface area contributed by atoms with Crippen LogP contribution in [0, 0.1) is 5.41 Å². The monoisotopic (exact) mass is 376 g/mol. The van der Waals surface area contributed by atoms with Crippen molar-refractivity contribution in [1.29, 1.82) is 0 Å². The highest BCUT2D eigenvalue weighted by atomic mass is 35.5. The molecule has 0 radical (unpaired) electrons. The van der Waals surface area contributed by atoms with Gasteiger partial charge in [-0.2, -0.15) is 0 Å². The molecule has 6 heteroatoms. The van der Waals surface area contributed by atoms with Crippen LogP contribution >= 0.6 is 11.6 Å². The van der Waals surface area contributed by atoms with Crippen LogP contribution in [-0.2, 0) is 0 Å². The van der Waals surface area contributed by atoms with Crippen LogP contribution in [0.4, 0.5) is 16.2 Å².